The maximum absolute atomic E-state index is 13.7. The van der Waals surface area contributed by atoms with E-state index in [1.54, 1.807) is 12.1 Å². The highest BCUT2D eigenvalue weighted by molar-refractivity contribution is 7.99. The summed E-state index contributed by atoms with van der Waals surface area (Å²) < 4.78 is 41.1. The summed E-state index contributed by atoms with van der Waals surface area (Å²) in [6.45, 7) is -0.337. The Morgan fingerprint density at radius 2 is 1.75 bits per heavy atom. The zero-order valence-electron chi connectivity index (χ0n) is 16.6. The second kappa shape index (κ2) is 10.8. The number of aromatic nitrogens is 2. The summed E-state index contributed by atoms with van der Waals surface area (Å²) in [5.41, 5.74) is 0.929. The molecule has 0 atom stereocenters. The van der Waals surface area contributed by atoms with E-state index >= 15 is 0 Å². The van der Waals surface area contributed by atoms with Gasteiger partial charge in [0.15, 0.2) is 5.16 Å². The van der Waals surface area contributed by atoms with Crippen molar-refractivity contribution in [2.45, 2.75) is 24.9 Å². The number of imidazole rings is 1. The molecule has 0 saturated carbocycles. The minimum atomic E-state index is -0.898. The summed E-state index contributed by atoms with van der Waals surface area (Å²) in [7, 11) is 0. The molecule has 0 aliphatic carbocycles. The van der Waals surface area contributed by atoms with Crippen molar-refractivity contribution in [1.82, 2.24) is 14.9 Å². The van der Waals surface area contributed by atoms with Crippen LogP contribution >= 0.6 is 11.8 Å². The molecule has 0 bridgehead atoms. The Labute approximate surface area is 185 Å². The summed E-state index contributed by atoms with van der Waals surface area (Å²) in [6, 6.07) is 8.48. The molecule has 3 aromatic rings. The number of halogens is 3. The number of carbonyl (C=O) groups is 2. The number of aliphatic hydroxyl groups excluding tert-OH is 1. The average molecular weight is 464 g/mol. The molecule has 2 amide bonds. The molecule has 1 aromatic heterocycles. The number of carbonyl (C=O) groups excluding carboxylic acids is 2. The van der Waals surface area contributed by atoms with Crippen LogP contribution in [0.1, 0.15) is 11.3 Å². The van der Waals surface area contributed by atoms with Crippen LogP contribution < -0.4 is 10.6 Å². The van der Waals surface area contributed by atoms with Crippen LogP contribution in [0, 0.1) is 17.5 Å². The minimum Gasteiger partial charge on any atom is -0.390 e. The van der Waals surface area contributed by atoms with Gasteiger partial charge in [-0.3, -0.25) is 9.59 Å². The van der Waals surface area contributed by atoms with Crippen molar-refractivity contribution in [2.24, 2.45) is 0 Å². The second-order valence-corrected chi connectivity index (χ2v) is 7.58. The summed E-state index contributed by atoms with van der Waals surface area (Å²) in [5.74, 6) is -3.12. The fraction of sp³-hybridized carbons (Fsp3) is 0.190. The first-order chi connectivity index (χ1) is 15.4. The van der Waals surface area contributed by atoms with Crippen LogP contribution in [0.4, 0.5) is 18.9 Å². The van der Waals surface area contributed by atoms with E-state index < -0.39 is 17.5 Å². The Kier molecular flexibility index (Phi) is 7.90. The van der Waals surface area contributed by atoms with Gasteiger partial charge in [0.1, 0.15) is 24.0 Å². The van der Waals surface area contributed by atoms with Gasteiger partial charge in [-0.15, -0.1) is 0 Å². The molecule has 0 saturated heterocycles. The molecule has 1 heterocycles. The van der Waals surface area contributed by atoms with E-state index in [9.17, 15) is 27.9 Å². The van der Waals surface area contributed by atoms with Crippen molar-refractivity contribution >= 4 is 29.3 Å². The van der Waals surface area contributed by atoms with Gasteiger partial charge in [-0.1, -0.05) is 23.9 Å². The van der Waals surface area contributed by atoms with Crippen LogP contribution in [0.2, 0.25) is 0 Å². The van der Waals surface area contributed by atoms with Gasteiger partial charge >= 0.3 is 0 Å². The molecule has 2 aromatic carbocycles. The molecular weight excluding hydrogens is 445 g/mol. The number of hydrogen-bond acceptors (Lipinski definition) is 5. The number of nitrogens with zero attached hydrogens (tertiary/aromatic N) is 2. The lowest BCUT2D eigenvalue weighted by molar-refractivity contribution is -0.122. The topological polar surface area (TPSA) is 96.2 Å². The molecule has 0 aliphatic rings. The molecule has 0 aliphatic heterocycles. The van der Waals surface area contributed by atoms with Gasteiger partial charge < -0.3 is 20.3 Å². The monoisotopic (exact) mass is 464 g/mol. The Balaban J connectivity index is 1.58. The number of thioether (sulfide) groups is 1. The highest BCUT2D eigenvalue weighted by Gasteiger charge is 2.16. The summed E-state index contributed by atoms with van der Waals surface area (Å²) in [5, 5.41) is 14.8. The third-order valence-corrected chi connectivity index (χ3v) is 5.30. The summed E-state index contributed by atoms with van der Waals surface area (Å²) in [4.78, 5) is 28.6. The van der Waals surface area contributed by atoms with Crippen molar-refractivity contribution in [2.75, 3.05) is 11.1 Å². The molecule has 32 heavy (non-hydrogen) atoms. The Bertz CT molecular complexity index is 1110. The average Bonchev–Trinajstić information content (AvgIpc) is 3.15. The molecule has 0 radical (unpaired) electrons. The molecule has 0 spiro atoms. The van der Waals surface area contributed by atoms with Crippen LogP contribution in [0.3, 0.4) is 0 Å². The minimum absolute atomic E-state index is 0.156. The van der Waals surface area contributed by atoms with Crippen molar-refractivity contribution < 1.29 is 27.9 Å². The van der Waals surface area contributed by atoms with Crippen LogP contribution in [0.5, 0.6) is 0 Å². The van der Waals surface area contributed by atoms with Gasteiger partial charge in [0, 0.05) is 12.6 Å². The highest BCUT2D eigenvalue weighted by Crippen LogP contribution is 2.20. The molecule has 3 rings (SSSR count). The number of hydrogen-bond donors (Lipinski definition) is 3. The predicted molar refractivity (Wildman–Crippen MR) is 112 cm³/mol. The van der Waals surface area contributed by atoms with Crippen LogP contribution in [0.15, 0.2) is 53.8 Å². The normalized spacial score (nSPS) is 10.8. The van der Waals surface area contributed by atoms with E-state index in [1.165, 1.54) is 22.9 Å². The van der Waals surface area contributed by atoms with Crippen LogP contribution in [0.25, 0.3) is 0 Å². The Morgan fingerprint density at radius 3 is 2.44 bits per heavy atom. The molecule has 168 valence electrons. The third-order valence-electron chi connectivity index (χ3n) is 4.31. The molecular formula is C21H19F3N4O3S. The molecule has 7 nitrogen and oxygen atoms in total. The lowest BCUT2D eigenvalue weighted by Gasteiger charge is -2.11. The van der Waals surface area contributed by atoms with E-state index in [0.29, 0.717) is 22.5 Å². The number of aliphatic hydroxyl groups is 1. The van der Waals surface area contributed by atoms with Gasteiger partial charge in [0.05, 0.1) is 29.9 Å². The van der Waals surface area contributed by atoms with Crippen molar-refractivity contribution in [3.05, 3.63) is 77.4 Å². The van der Waals surface area contributed by atoms with Gasteiger partial charge in [-0.2, -0.15) is 0 Å². The first kappa shape index (κ1) is 23.4. The molecule has 0 unspecified atom stereocenters. The lowest BCUT2D eigenvalue weighted by atomic mass is 10.2. The number of nitrogens with one attached hydrogen (secondary N) is 2. The zero-order chi connectivity index (χ0) is 23.1. The van der Waals surface area contributed by atoms with E-state index in [0.717, 1.165) is 23.9 Å². The van der Waals surface area contributed by atoms with E-state index in [-0.39, 0.29) is 42.9 Å². The Hall–Kier alpha value is -3.31. The molecule has 11 heteroatoms. The maximum atomic E-state index is 13.7. The largest absolute Gasteiger partial charge is 0.390 e. The summed E-state index contributed by atoms with van der Waals surface area (Å²) in [6.07, 6.45) is 1.38. The van der Waals surface area contributed by atoms with E-state index in [1.807, 2.05) is 0 Å². The number of benzene rings is 2. The number of amides is 2. The van der Waals surface area contributed by atoms with Crippen molar-refractivity contribution in [1.29, 1.82) is 0 Å². The SMILES string of the molecule is O=C(Cn1c(CO)cnc1SCC(=O)Nc1ccc(F)cc1F)NCc1ccc(F)cc1. The highest BCUT2D eigenvalue weighted by atomic mass is 32.2. The van der Waals surface area contributed by atoms with Crippen molar-refractivity contribution in [3.63, 3.8) is 0 Å². The fourth-order valence-corrected chi connectivity index (χ4v) is 3.51. The number of rotatable bonds is 9. The molecule has 3 N–H and O–H groups in total. The quantitative estimate of drug-likeness (QED) is 0.424. The van der Waals surface area contributed by atoms with Gasteiger partial charge in [-0.05, 0) is 29.8 Å². The first-order valence-corrected chi connectivity index (χ1v) is 10.4. The van der Waals surface area contributed by atoms with Crippen LogP contribution in [-0.4, -0.2) is 32.2 Å². The van der Waals surface area contributed by atoms with Crippen molar-refractivity contribution in [3.8, 4) is 0 Å². The van der Waals surface area contributed by atoms with E-state index in [4.69, 9.17) is 0 Å². The van der Waals surface area contributed by atoms with Gasteiger partial charge in [-0.25, -0.2) is 18.2 Å². The fourth-order valence-electron chi connectivity index (χ4n) is 2.71. The standard InChI is InChI=1S/C21H19F3N4O3S/c22-14-3-1-13(2-4-14)8-25-19(30)10-28-16(11-29)9-26-21(28)32-12-20(31)27-18-6-5-15(23)7-17(18)24/h1-7,9,29H,8,10-12H2,(H,25,30)(H,27,31). The smallest absolute Gasteiger partial charge is 0.240 e. The first-order valence-electron chi connectivity index (χ1n) is 9.40. The van der Waals surface area contributed by atoms with Gasteiger partial charge in [0.2, 0.25) is 11.8 Å². The predicted octanol–water partition coefficient (Wildman–Crippen LogP) is 2.84. The van der Waals surface area contributed by atoms with E-state index in [2.05, 4.69) is 15.6 Å². The maximum Gasteiger partial charge on any atom is 0.240 e. The van der Waals surface area contributed by atoms with Gasteiger partial charge in [0.25, 0.3) is 0 Å². The third kappa shape index (κ3) is 6.34. The second-order valence-electron chi connectivity index (χ2n) is 6.64. The summed E-state index contributed by atoms with van der Waals surface area (Å²) >= 11 is 0.988. The van der Waals surface area contributed by atoms with Crippen LogP contribution in [-0.2, 0) is 29.3 Å². The Morgan fingerprint density at radius 1 is 1.03 bits per heavy atom. The lowest BCUT2D eigenvalue weighted by Crippen LogP contribution is -2.28. The molecule has 0 fully saturated rings. The number of anilines is 1. The zero-order valence-corrected chi connectivity index (χ0v) is 17.5.